The molecule has 6 nitrogen and oxygen atoms in total. The van der Waals surface area contributed by atoms with Crippen molar-refractivity contribution < 1.29 is 9.53 Å². The van der Waals surface area contributed by atoms with Gasteiger partial charge in [-0.3, -0.25) is 14.8 Å². The second-order valence-corrected chi connectivity index (χ2v) is 8.49. The molecule has 1 aromatic carbocycles. The number of aromatic nitrogens is 2. The molecule has 2 atom stereocenters. The number of morpholine rings is 1. The van der Waals surface area contributed by atoms with Crippen molar-refractivity contribution in [2.75, 3.05) is 13.1 Å². The van der Waals surface area contributed by atoms with E-state index >= 15 is 0 Å². The van der Waals surface area contributed by atoms with Gasteiger partial charge in [0, 0.05) is 26.2 Å². The standard InChI is InChI=1S/C22H26N4O2S/c1-15-12-26(13-16(2)28-15)14-18-7-4-3-6-17(18)11-23-22(27)20-10-19(24-25-20)21-8-5-9-29-21/h3-10,15-16H,11-14H2,1-2H3,(H,23,27)(H,24,25). The highest BCUT2D eigenvalue weighted by Crippen LogP contribution is 2.23. The fraction of sp³-hybridized carbons (Fsp3) is 0.364. The van der Waals surface area contributed by atoms with Crippen molar-refractivity contribution in [2.24, 2.45) is 0 Å². The first-order valence-corrected chi connectivity index (χ1v) is 10.8. The molecule has 0 bridgehead atoms. The van der Waals surface area contributed by atoms with Crippen molar-refractivity contribution >= 4 is 17.2 Å². The number of carbonyl (C=O) groups excluding carboxylic acids is 1. The Balaban J connectivity index is 1.39. The molecule has 3 heterocycles. The maximum absolute atomic E-state index is 12.6. The second kappa shape index (κ2) is 8.90. The van der Waals surface area contributed by atoms with Crippen LogP contribution in [0.15, 0.2) is 47.8 Å². The molecular weight excluding hydrogens is 384 g/mol. The third kappa shape index (κ3) is 4.93. The Bertz CT molecular complexity index is 943. The summed E-state index contributed by atoms with van der Waals surface area (Å²) in [6.07, 6.45) is 0.477. The van der Waals surface area contributed by atoms with Gasteiger partial charge in [-0.25, -0.2) is 0 Å². The molecular formula is C22H26N4O2S. The predicted molar refractivity (Wildman–Crippen MR) is 115 cm³/mol. The molecule has 0 radical (unpaired) electrons. The molecule has 0 saturated carbocycles. The predicted octanol–water partition coefficient (Wildman–Crippen LogP) is 3.68. The Labute approximate surface area is 174 Å². The number of rotatable bonds is 6. The van der Waals surface area contributed by atoms with Crippen LogP contribution in [0, 0.1) is 0 Å². The van der Waals surface area contributed by atoms with E-state index in [0.717, 1.165) is 35.8 Å². The fourth-order valence-electron chi connectivity index (χ4n) is 3.80. The van der Waals surface area contributed by atoms with E-state index < -0.39 is 0 Å². The van der Waals surface area contributed by atoms with E-state index in [-0.39, 0.29) is 18.1 Å². The van der Waals surface area contributed by atoms with Crippen molar-refractivity contribution in [3.8, 4) is 10.6 Å². The van der Waals surface area contributed by atoms with Gasteiger partial charge in [0.2, 0.25) is 0 Å². The average molecular weight is 411 g/mol. The third-order valence-corrected chi connectivity index (χ3v) is 5.95. The van der Waals surface area contributed by atoms with E-state index in [0.29, 0.717) is 12.2 Å². The molecule has 4 rings (SSSR count). The van der Waals surface area contributed by atoms with Gasteiger partial charge in [0.05, 0.1) is 22.8 Å². The van der Waals surface area contributed by atoms with Crippen molar-refractivity contribution in [3.63, 3.8) is 0 Å². The third-order valence-electron chi connectivity index (χ3n) is 5.04. The van der Waals surface area contributed by atoms with E-state index in [9.17, 15) is 4.79 Å². The zero-order valence-corrected chi connectivity index (χ0v) is 17.5. The van der Waals surface area contributed by atoms with Crippen molar-refractivity contribution in [3.05, 3.63) is 64.7 Å². The molecule has 1 fully saturated rings. The number of benzene rings is 1. The number of hydrogen-bond donors (Lipinski definition) is 2. The molecule has 3 aromatic rings. The number of amides is 1. The van der Waals surface area contributed by atoms with Crippen LogP contribution in [0.5, 0.6) is 0 Å². The summed E-state index contributed by atoms with van der Waals surface area (Å²) in [6, 6.07) is 14.1. The Morgan fingerprint density at radius 3 is 2.69 bits per heavy atom. The molecule has 1 aliphatic rings. The first-order chi connectivity index (χ1) is 14.1. The lowest BCUT2D eigenvalue weighted by Gasteiger charge is -2.35. The molecule has 7 heteroatoms. The molecule has 0 spiro atoms. The van der Waals surface area contributed by atoms with Crippen LogP contribution in [0.2, 0.25) is 0 Å². The molecule has 1 amide bonds. The van der Waals surface area contributed by atoms with Gasteiger partial charge in [0.1, 0.15) is 0 Å². The van der Waals surface area contributed by atoms with E-state index in [1.165, 1.54) is 5.56 Å². The lowest BCUT2D eigenvalue weighted by molar-refractivity contribution is -0.0705. The Hall–Kier alpha value is -2.48. The summed E-state index contributed by atoms with van der Waals surface area (Å²) in [5, 5.41) is 12.1. The van der Waals surface area contributed by atoms with Gasteiger partial charge in [0.25, 0.3) is 5.91 Å². The lowest BCUT2D eigenvalue weighted by Crippen LogP contribution is -2.45. The maximum atomic E-state index is 12.6. The summed E-state index contributed by atoms with van der Waals surface area (Å²) in [5.74, 6) is -0.174. The first-order valence-electron chi connectivity index (χ1n) is 9.90. The topological polar surface area (TPSA) is 70.2 Å². The van der Waals surface area contributed by atoms with Crippen LogP contribution in [0.25, 0.3) is 10.6 Å². The molecule has 2 N–H and O–H groups in total. The van der Waals surface area contributed by atoms with Gasteiger partial charge in [-0.1, -0.05) is 30.3 Å². The molecule has 2 aromatic heterocycles. The zero-order valence-electron chi connectivity index (χ0n) is 16.7. The van der Waals surface area contributed by atoms with E-state index in [2.05, 4.69) is 52.5 Å². The van der Waals surface area contributed by atoms with E-state index in [1.54, 1.807) is 17.4 Å². The van der Waals surface area contributed by atoms with Crippen molar-refractivity contribution in [1.29, 1.82) is 0 Å². The van der Waals surface area contributed by atoms with Crippen LogP contribution in [-0.4, -0.2) is 46.3 Å². The summed E-state index contributed by atoms with van der Waals surface area (Å²) in [6.45, 7) is 7.40. The largest absolute Gasteiger partial charge is 0.373 e. The van der Waals surface area contributed by atoms with Crippen LogP contribution in [0.4, 0.5) is 0 Å². The summed E-state index contributed by atoms with van der Waals surface area (Å²) in [7, 11) is 0. The first kappa shape index (κ1) is 19.8. The Morgan fingerprint density at radius 1 is 1.21 bits per heavy atom. The summed E-state index contributed by atoms with van der Waals surface area (Å²) >= 11 is 1.61. The minimum atomic E-state index is -0.174. The smallest absolute Gasteiger partial charge is 0.272 e. The van der Waals surface area contributed by atoms with Crippen LogP contribution in [0.3, 0.4) is 0 Å². The van der Waals surface area contributed by atoms with Crippen molar-refractivity contribution in [1.82, 2.24) is 20.4 Å². The summed E-state index contributed by atoms with van der Waals surface area (Å²) in [5.41, 5.74) is 3.62. The number of carbonyl (C=O) groups is 1. The Kier molecular flexibility index (Phi) is 6.08. The lowest BCUT2D eigenvalue weighted by atomic mass is 10.1. The SMILES string of the molecule is CC1CN(Cc2ccccc2CNC(=O)c2cc(-c3cccs3)[nH]n2)CC(C)O1. The normalized spacial score (nSPS) is 19.9. The Morgan fingerprint density at radius 2 is 1.97 bits per heavy atom. The fourth-order valence-corrected chi connectivity index (χ4v) is 4.49. The van der Waals surface area contributed by atoms with Crippen LogP contribution < -0.4 is 5.32 Å². The summed E-state index contributed by atoms with van der Waals surface area (Å²) in [4.78, 5) is 16.1. The summed E-state index contributed by atoms with van der Waals surface area (Å²) < 4.78 is 5.83. The molecule has 152 valence electrons. The number of nitrogens with one attached hydrogen (secondary N) is 2. The van der Waals surface area contributed by atoms with Gasteiger partial charge >= 0.3 is 0 Å². The van der Waals surface area contributed by atoms with Crippen LogP contribution in [0.1, 0.15) is 35.5 Å². The number of nitrogens with zero attached hydrogens (tertiary/aromatic N) is 2. The second-order valence-electron chi connectivity index (χ2n) is 7.55. The highest BCUT2D eigenvalue weighted by molar-refractivity contribution is 7.13. The number of hydrogen-bond acceptors (Lipinski definition) is 5. The minimum absolute atomic E-state index is 0.174. The highest BCUT2D eigenvalue weighted by Gasteiger charge is 2.22. The quantitative estimate of drug-likeness (QED) is 0.650. The van der Waals surface area contributed by atoms with Gasteiger partial charge in [-0.05, 0) is 42.5 Å². The monoisotopic (exact) mass is 410 g/mol. The van der Waals surface area contributed by atoms with E-state index in [1.807, 2.05) is 23.6 Å². The molecule has 0 aliphatic carbocycles. The van der Waals surface area contributed by atoms with Gasteiger partial charge in [0.15, 0.2) is 5.69 Å². The molecule has 1 saturated heterocycles. The minimum Gasteiger partial charge on any atom is -0.373 e. The van der Waals surface area contributed by atoms with Crippen LogP contribution in [-0.2, 0) is 17.8 Å². The van der Waals surface area contributed by atoms with Gasteiger partial charge in [-0.2, -0.15) is 5.10 Å². The maximum Gasteiger partial charge on any atom is 0.272 e. The molecule has 2 unspecified atom stereocenters. The van der Waals surface area contributed by atoms with Gasteiger partial charge < -0.3 is 10.1 Å². The number of thiophene rings is 1. The average Bonchev–Trinajstić information content (AvgIpc) is 3.38. The number of ether oxygens (including phenoxy) is 1. The van der Waals surface area contributed by atoms with Gasteiger partial charge in [-0.15, -0.1) is 11.3 Å². The highest BCUT2D eigenvalue weighted by atomic mass is 32.1. The van der Waals surface area contributed by atoms with Crippen molar-refractivity contribution in [2.45, 2.75) is 39.1 Å². The number of H-pyrrole nitrogens is 1. The van der Waals surface area contributed by atoms with Crippen LogP contribution >= 0.6 is 11.3 Å². The molecule has 1 aliphatic heterocycles. The van der Waals surface area contributed by atoms with E-state index in [4.69, 9.17) is 4.74 Å². The molecule has 29 heavy (non-hydrogen) atoms. The number of aromatic amines is 1. The zero-order chi connectivity index (χ0) is 20.2.